The summed E-state index contributed by atoms with van der Waals surface area (Å²) in [5.74, 6) is 5.95. The molecule has 0 bridgehead atoms. The van der Waals surface area contributed by atoms with Crippen LogP contribution in [0.2, 0.25) is 0 Å². The van der Waals surface area contributed by atoms with E-state index >= 15 is 0 Å². The van der Waals surface area contributed by atoms with Gasteiger partial charge < -0.3 is 0 Å². The van der Waals surface area contributed by atoms with Crippen molar-refractivity contribution in [2.45, 2.75) is 0 Å². The van der Waals surface area contributed by atoms with Crippen molar-refractivity contribution in [3.05, 3.63) is 35.4 Å². The van der Waals surface area contributed by atoms with Crippen LogP contribution in [0.3, 0.4) is 0 Å². The molecule has 1 aliphatic rings. The summed E-state index contributed by atoms with van der Waals surface area (Å²) in [6, 6.07) is 6.86. The number of fused-ring (bicyclic) bond motifs is 1. The summed E-state index contributed by atoms with van der Waals surface area (Å²) >= 11 is 1.61. The number of rotatable bonds is 2. The van der Waals surface area contributed by atoms with Gasteiger partial charge in [-0.2, -0.15) is 11.8 Å². The van der Waals surface area contributed by atoms with E-state index in [9.17, 15) is 9.59 Å². The van der Waals surface area contributed by atoms with Crippen LogP contribution < -0.4 is 0 Å². The van der Waals surface area contributed by atoms with E-state index in [4.69, 9.17) is 0 Å². The first kappa shape index (κ1) is 11.7. The fourth-order valence-corrected chi connectivity index (χ4v) is 1.89. The van der Waals surface area contributed by atoms with E-state index in [0.29, 0.717) is 16.9 Å². The molecule has 1 heterocycles. The Labute approximate surface area is 104 Å². The molecule has 0 aromatic heterocycles. The molecule has 0 N–H and O–H groups in total. The van der Waals surface area contributed by atoms with Gasteiger partial charge in [-0.25, -0.2) is 0 Å². The highest BCUT2D eigenvalue weighted by Crippen LogP contribution is 2.21. The molecule has 0 saturated carbocycles. The van der Waals surface area contributed by atoms with Gasteiger partial charge in [0.1, 0.15) is 0 Å². The van der Waals surface area contributed by atoms with Gasteiger partial charge in [0.2, 0.25) is 0 Å². The molecule has 0 aliphatic carbocycles. The quantitative estimate of drug-likeness (QED) is 0.587. The molecule has 1 aromatic carbocycles. The second-order valence-electron chi connectivity index (χ2n) is 3.53. The fraction of sp³-hybridized carbons (Fsp3) is 0.231. The van der Waals surface area contributed by atoms with Crippen molar-refractivity contribution in [3.63, 3.8) is 0 Å². The minimum atomic E-state index is -0.246. The number of thioether (sulfide) groups is 1. The van der Waals surface area contributed by atoms with Crippen molar-refractivity contribution in [1.29, 1.82) is 0 Å². The molecule has 17 heavy (non-hydrogen) atoms. The number of amides is 2. The van der Waals surface area contributed by atoms with Gasteiger partial charge in [-0.05, 0) is 18.4 Å². The van der Waals surface area contributed by atoms with E-state index in [1.54, 1.807) is 36.0 Å². The Kier molecular flexibility index (Phi) is 3.50. The van der Waals surface area contributed by atoms with Crippen LogP contribution in [0.5, 0.6) is 0 Å². The van der Waals surface area contributed by atoms with Gasteiger partial charge in [0.05, 0.1) is 23.4 Å². The van der Waals surface area contributed by atoms with Gasteiger partial charge in [0.15, 0.2) is 0 Å². The third-order valence-electron chi connectivity index (χ3n) is 2.46. The number of hydrogen-bond acceptors (Lipinski definition) is 3. The normalized spacial score (nSPS) is 13.4. The predicted octanol–water partition coefficient (Wildman–Crippen LogP) is 1.65. The summed E-state index contributed by atoms with van der Waals surface area (Å²) in [4.78, 5) is 25.0. The van der Waals surface area contributed by atoms with Crippen LogP contribution in [0.1, 0.15) is 20.7 Å². The largest absolute Gasteiger partial charge is 0.269 e. The maximum absolute atomic E-state index is 11.9. The molecule has 86 valence electrons. The summed E-state index contributed by atoms with van der Waals surface area (Å²) in [5.41, 5.74) is 0.952. The molecule has 3 nitrogen and oxygen atoms in total. The van der Waals surface area contributed by atoms with Gasteiger partial charge in [-0.15, -0.1) is 0 Å². The number of nitrogens with zero attached hydrogens (tertiary/aromatic N) is 1. The summed E-state index contributed by atoms with van der Waals surface area (Å²) < 4.78 is 0. The molecule has 0 radical (unpaired) electrons. The zero-order chi connectivity index (χ0) is 12.3. The molecule has 2 amide bonds. The minimum Gasteiger partial charge on any atom is -0.269 e. The van der Waals surface area contributed by atoms with Crippen molar-refractivity contribution in [3.8, 4) is 11.8 Å². The molecule has 4 heteroatoms. The highest BCUT2D eigenvalue weighted by atomic mass is 32.2. The molecule has 0 atom stereocenters. The van der Waals surface area contributed by atoms with Crippen LogP contribution in [0.25, 0.3) is 0 Å². The molecule has 2 rings (SSSR count). The van der Waals surface area contributed by atoms with Gasteiger partial charge in [-0.1, -0.05) is 24.0 Å². The number of carbonyl (C=O) groups is 2. The second kappa shape index (κ2) is 5.07. The van der Waals surface area contributed by atoms with E-state index in [2.05, 4.69) is 11.8 Å². The lowest BCUT2D eigenvalue weighted by Gasteiger charge is -2.08. The van der Waals surface area contributed by atoms with E-state index in [1.165, 1.54) is 4.90 Å². The lowest BCUT2D eigenvalue weighted by Crippen LogP contribution is -2.30. The number of imide groups is 1. The monoisotopic (exact) mass is 245 g/mol. The lowest BCUT2D eigenvalue weighted by molar-refractivity contribution is 0.0675. The van der Waals surface area contributed by atoms with Crippen molar-refractivity contribution in [1.82, 2.24) is 4.90 Å². The highest BCUT2D eigenvalue weighted by molar-refractivity contribution is 7.98. The Hall–Kier alpha value is -1.73. The van der Waals surface area contributed by atoms with E-state index in [0.717, 1.165) is 0 Å². The lowest BCUT2D eigenvalue weighted by atomic mass is 10.1. The Balaban J connectivity index is 2.17. The highest BCUT2D eigenvalue weighted by Gasteiger charge is 2.34. The predicted molar refractivity (Wildman–Crippen MR) is 68.0 cm³/mol. The third-order valence-corrected chi connectivity index (χ3v) is 2.89. The number of carbonyl (C=O) groups excluding carboxylic acids is 2. The number of benzene rings is 1. The van der Waals surface area contributed by atoms with Crippen LogP contribution in [0.4, 0.5) is 0 Å². The van der Waals surface area contributed by atoms with Crippen LogP contribution in [0.15, 0.2) is 24.3 Å². The topological polar surface area (TPSA) is 37.4 Å². The molecular weight excluding hydrogens is 234 g/mol. The average Bonchev–Trinajstić information content (AvgIpc) is 2.60. The fourth-order valence-electron chi connectivity index (χ4n) is 1.64. The summed E-state index contributed by atoms with van der Waals surface area (Å²) in [7, 11) is 0. The first-order chi connectivity index (χ1) is 8.25. The molecule has 1 aromatic rings. The van der Waals surface area contributed by atoms with Crippen LogP contribution >= 0.6 is 11.8 Å². The zero-order valence-corrected chi connectivity index (χ0v) is 10.2. The second-order valence-corrected chi connectivity index (χ2v) is 4.39. The molecule has 0 fully saturated rings. The molecule has 0 spiro atoms. The van der Waals surface area contributed by atoms with Crippen molar-refractivity contribution < 1.29 is 9.59 Å². The Bertz CT molecular complexity index is 493. The smallest absolute Gasteiger partial charge is 0.262 e. The summed E-state index contributed by atoms with van der Waals surface area (Å²) in [5, 5.41) is 0. The van der Waals surface area contributed by atoms with Crippen molar-refractivity contribution in [2.75, 3.05) is 18.6 Å². The van der Waals surface area contributed by atoms with E-state index in [1.807, 2.05) is 6.26 Å². The van der Waals surface area contributed by atoms with Gasteiger partial charge >= 0.3 is 0 Å². The maximum Gasteiger partial charge on any atom is 0.262 e. The molecular formula is C13H11NO2S. The standard InChI is InChI=1S/C13H11NO2S/c1-17-9-5-4-8-14-12(15)10-6-2-3-7-11(10)13(14)16/h2-3,6-7H,8-9H2,1H3. The minimum absolute atomic E-state index is 0.174. The first-order valence-corrected chi connectivity index (χ1v) is 6.55. The molecule has 1 aliphatic heterocycles. The Morgan fingerprint density at radius 1 is 1.12 bits per heavy atom. The summed E-state index contributed by atoms with van der Waals surface area (Å²) in [6.07, 6.45) is 1.96. The Morgan fingerprint density at radius 2 is 1.71 bits per heavy atom. The molecule has 0 saturated heterocycles. The van der Waals surface area contributed by atoms with Crippen molar-refractivity contribution in [2.24, 2.45) is 0 Å². The van der Waals surface area contributed by atoms with Gasteiger partial charge in [0, 0.05) is 0 Å². The van der Waals surface area contributed by atoms with E-state index in [-0.39, 0.29) is 18.4 Å². The van der Waals surface area contributed by atoms with Crippen molar-refractivity contribution >= 4 is 23.6 Å². The average molecular weight is 245 g/mol. The van der Waals surface area contributed by atoms with Crippen LogP contribution in [-0.2, 0) is 0 Å². The Morgan fingerprint density at radius 3 is 2.24 bits per heavy atom. The SMILES string of the molecule is CSCC#CCN1C(=O)c2ccccc2C1=O. The zero-order valence-electron chi connectivity index (χ0n) is 9.40. The summed E-state index contributed by atoms with van der Waals surface area (Å²) in [6.45, 7) is 0.174. The van der Waals surface area contributed by atoms with E-state index < -0.39 is 0 Å². The van der Waals surface area contributed by atoms with Gasteiger partial charge in [0.25, 0.3) is 11.8 Å². The number of hydrogen-bond donors (Lipinski definition) is 0. The third kappa shape index (κ3) is 2.20. The maximum atomic E-state index is 11.9. The molecule has 0 unspecified atom stereocenters. The van der Waals surface area contributed by atoms with Crippen LogP contribution in [0, 0.1) is 11.8 Å². The first-order valence-electron chi connectivity index (χ1n) is 5.15. The van der Waals surface area contributed by atoms with Gasteiger partial charge in [-0.3, -0.25) is 14.5 Å². The van der Waals surface area contributed by atoms with Crippen LogP contribution in [-0.4, -0.2) is 35.3 Å².